The van der Waals surface area contributed by atoms with Gasteiger partial charge in [-0.15, -0.1) is 11.6 Å². The van der Waals surface area contributed by atoms with E-state index in [1.54, 1.807) is 24.3 Å². The zero-order chi connectivity index (χ0) is 18.2. The highest BCUT2D eigenvalue weighted by atomic mass is 35.5. The van der Waals surface area contributed by atoms with Gasteiger partial charge in [0.1, 0.15) is 0 Å². The lowest BCUT2D eigenvalue weighted by Gasteiger charge is -2.13. The standard InChI is InChI=1S/C17H20ClN3O4/c18-8-3-6-14(22)19-9-10-20-15(23)7-11-21-16(24)12-4-1-2-5-13(12)17(21)25/h1-2,4-5H,3,6-11H2,(H,19,22)(H,20,23). The number of carbonyl (C=O) groups is 4. The lowest BCUT2D eigenvalue weighted by atomic mass is 10.1. The lowest BCUT2D eigenvalue weighted by Crippen LogP contribution is -2.37. The molecule has 0 aliphatic carbocycles. The van der Waals surface area contributed by atoms with Crippen molar-refractivity contribution >= 4 is 35.2 Å². The topological polar surface area (TPSA) is 95.6 Å². The Morgan fingerprint density at radius 3 is 1.96 bits per heavy atom. The van der Waals surface area contributed by atoms with E-state index in [1.165, 1.54) is 0 Å². The van der Waals surface area contributed by atoms with Crippen LogP contribution in [0, 0.1) is 0 Å². The van der Waals surface area contributed by atoms with Gasteiger partial charge in [0.2, 0.25) is 11.8 Å². The first kappa shape index (κ1) is 18.9. The summed E-state index contributed by atoms with van der Waals surface area (Å²) in [6.07, 6.45) is 0.989. The van der Waals surface area contributed by atoms with Crippen molar-refractivity contribution in [3.8, 4) is 0 Å². The van der Waals surface area contributed by atoms with Crippen LogP contribution in [-0.2, 0) is 9.59 Å². The van der Waals surface area contributed by atoms with Crippen LogP contribution in [0.3, 0.4) is 0 Å². The van der Waals surface area contributed by atoms with Gasteiger partial charge in [-0.2, -0.15) is 0 Å². The molecule has 0 fully saturated rings. The Labute approximate surface area is 150 Å². The summed E-state index contributed by atoms with van der Waals surface area (Å²) < 4.78 is 0. The summed E-state index contributed by atoms with van der Waals surface area (Å²) in [5, 5.41) is 5.31. The van der Waals surface area contributed by atoms with Crippen molar-refractivity contribution in [3.05, 3.63) is 35.4 Å². The first-order valence-corrected chi connectivity index (χ1v) is 8.62. The van der Waals surface area contributed by atoms with E-state index >= 15 is 0 Å². The van der Waals surface area contributed by atoms with Gasteiger partial charge < -0.3 is 10.6 Å². The second-order valence-electron chi connectivity index (χ2n) is 5.55. The number of benzene rings is 1. The minimum absolute atomic E-state index is 0.0195. The van der Waals surface area contributed by atoms with Gasteiger partial charge >= 0.3 is 0 Å². The number of amides is 4. The number of halogens is 1. The van der Waals surface area contributed by atoms with Gasteiger partial charge in [0.25, 0.3) is 11.8 Å². The molecular formula is C17H20ClN3O4. The Morgan fingerprint density at radius 2 is 1.44 bits per heavy atom. The van der Waals surface area contributed by atoms with Crippen LogP contribution in [0.4, 0.5) is 0 Å². The maximum atomic E-state index is 12.2. The summed E-state index contributed by atoms with van der Waals surface area (Å²) in [5.74, 6) is -0.713. The number of carbonyl (C=O) groups excluding carboxylic acids is 4. The number of fused-ring (bicyclic) bond motifs is 1. The molecule has 1 heterocycles. The molecule has 25 heavy (non-hydrogen) atoms. The number of hydrogen-bond donors (Lipinski definition) is 2. The first-order valence-electron chi connectivity index (χ1n) is 8.09. The number of imide groups is 1. The molecule has 2 N–H and O–H groups in total. The van der Waals surface area contributed by atoms with Crippen molar-refractivity contribution in [2.24, 2.45) is 0 Å². The van der Waals surface area contributed by atoms with E-state index in [2.05, 4.69) is 10.6 Å². The van der Waals surface area contributed by atoms with Crippen molar-refractivity contribution in [3.63, 3.8) is 0 Å². The number of alkyl halides is 1. The molecule has 1 aliphatic heterocycles. The molecule has 0 atom stereocenters. The average molecular weight is 366 g/mol. The molecule has 0 spiro atoms. The van der Waals surface area contributed by atoms with Crippen LogP contribution in [0.1, 0.15) is 40.0 Å². The smallest absolute Gasteiger partial charge is 0.261 e. The zero-order valence-corrected chi connectivity index (χ0v) is 14.5. The SMILES string of the molecule is O=C(CCCCl)NCCNC(=O)CCN1C(=O)c2ccccc2C1=O. The maximum Gasteiger partial charge on any atom is 0.261 e. The fourth-order valence-electron chi connectivity index (χ4n) is 2.46. The van der Waals surface area contributed by atoms with Gasteiger partial charge in [-0.1, -0.05) is 12.1 Å². The highest BCUT2D eigenvalue weighted by Gasteiger charge is 2.34. The molecule has 4 amide bonds. The average Bonchev–Trinajstić information content (AvgIpc) is 2.86. The molecule has 2 rings (SSSR count). The Balaban J connectivity index is 1.68. The Kier molecular flexibility index (Phi) is 6.94. The quantitative estimate of drug-likeness (QED) is 0.386. The van der Waals surface area contributed by atoms with Gasteiger partial charge in [-0.05, 0) is 18.6 Å². The molecular weight excluding hydrogens is 346 g/mol. The third kappa shape index (κ3) is 5.03. The fourth-order valence-corrected chi connectivity index (χ4v) is 2.60. The molecule has 134 valence electrons. The molecule has 0 bridgehead atoms. The van der Waals surface area contributed by atoms with E-state index in [0.717, 1.165) is 4.90 Å². The van der Waals surface area contributed by atoms with Gasteiger partial charge in [-0.3, -0.25) is 24.1 Å². The minimum Gasteiger partial charge on any atom is -0.354 e. The molecule has 0 saturated carbocycles. The Morgan fingerprint density at radius 1 is 0.920 bits per heavy atom. The van der Waals surface area contributed by atoms with Crippen molar-refractivity contribution < 1.29 is 19.2 Å². The predicted molar refractivity (Wildman–Crippen MR) is 92.4 cm³/mol. The van der Waals surface area contributed by atoms with Crippen molar-refractivity contribution in [2.75, 3.05) is 25.5 Å². The van der Waals surface area contributed by atoms with Crippen LogP contribution in [0.25, 0.3) is 0 Å². The highest BCUT2D eigenvalue weighted by molar-refractivity contribution is 6.21. The molecule has 0 unspecified atom stereocenters. The van der Waals surface area contributed by atoms with Gasteiger partial charge in [0.05, 0.1) is 11.1 Å². The van der Waals surface area contributed by atoms with Crippen molar-refractivity contribution in [1.29, 1.82) is 0 Å². The van der Waals surface area contributed by atoms with Crippen LogP contribution >= 0.6 is 11.6 Å². The van der Waals surface area contributed by atoms with Crippen LogP contribution in [0.15, 0.2) is 24.3 Å². The second kappa shape index (κ2) is 9.17. The second-order valence-corrected chi connectivity index (χ2v) is 5.93. The zero-order valence-electron chi connectivity index (χ0n) is 13.7. The molecule has 0 radical (unpaired) electrons. The van der Waals surface area contributed by atoms with Crippen LogP contribution < -0.4 is 10.6 Å². The maximum absolute atomic E-state index is 12.2. The fraction of sp³-hybridized carbons (Fsp3) is 0.412. The molecule has 8 heteroatoms. The predicted octanol–water partition coefficient (Wildman–Crippen LogP) is 0.924. The largest absolute Gasteiger partial charge is 0.354 e. The number of nitrogens with zero attached hydrogens (tertiary/aromatic N) is 1. The Bertz CT molecular complexity index is 643. The third-order valence-corrected chi connectivity index (χ3v) is 4.01. The summed E-state index contributed by atoms with van der Waals surface area (Å²) in [6.45, 7) is 0.633. The van der Waals surface area contributed by atoms with Crippen LogP contribution in [0.5, 0.6) is 0 Å². The van der Waals surface area contributed by atoms with Gasteiger partial charge in [-0.25, -0.2) is 0 Å². The number of hydrogen-bond acceptors (Lipinski definition) is 4. The summed E-state index contributed by atoms with van der Waals surface area (Å²) in [7, 11) is 0. The Hall–Kier alpha value is -2.41. The van der Waals surface area contributed by atoms with E-state index < -0.39 is 0 Å². The molecule has 1 aromatic rings. The summed E-state index contributed by atoms with van der Waals surface area (Å²) in [5.41, 5.74) is 0.736. The van der Waals surface area contributed by atoms with E-state index in [-0.39, 0.29) is 43.1 Å². The van der Waals surface area contributed by atoms with Gasteiger partial charge in [0, 0.05) is 38.4 Å². The van der Waals surface area contributed by atoms with E-state index in [0.29, 0.717) is 36.4 Å². The monoisotopic (exact) mass is 365 g/mol. The number of nitrogens with one attached hydrogen (secondary N) is 2. The normalized spacial score (nSPS) is 12.9. The van der Waals surface area contributed by atoms with Gasteiger partial charge in [0.15, 0.2) is 0 Å². The van der Waals surface area contributed by atoms with E-state index in [9.17, 15) is 19.2 Å². The summed E-state index contributed by atoms with van der Waals surface area (Å²) >= 11 is 5.50. The molecule has 0 aromatic heterocycles. The van der Waals surface area contributed by atoms with Crippen molar-refractivity contribution in [2.45, 2.75) is 19.3 Å². The van der Waals surface area contributed by atoms with Crippen LogP contribution in [-0.4, -0.2) is 54.0 Å². The van der Waals surface area contributed by atoms with E-state index in [1.807, 2.05) is 0 Å². The molecule has 0 saturated heterocycles. The molecule has 1 aliphatic rings. The lowest BCUT2D eigenvalue weighted by molar-refractivity contribution is -0.123. The van der Waals surface area contributed by atoms with E-state index in [4.69, 9.17) is 11.6 Å². The van der Waals surface area contributed by atoms with Crippen molar-refractivity contribution in [1.82, 2.24) is 15.5 Å². The minimum atomic E-state index is -0.375. The first-order chi connectivity index (χ1) is 12.0. The molecule has 1 aromatic carbocycles. The summed E-state index contributed by atoms with van der Waals surface area (Å²) in [4.78, 5) is 48.6. The highest BCUT2D eigenvalue weighted by Crippen LogP contribution is 2.22. The van der Waals surface area contributed by atoms with Crippen LogP contribution in [0.2, 0.25) is 0 Å². The summed E-state index contributed by atoms with van der Waals surface area (Å²) in [6, 6.07) is 6.59. The third-order valence-electron chi connectivity index (χ3n) is 3.75. The number of rotatable bonds is 9. The molecule has 7 nitrogen and oxygen atoms in total.